The van der Waals surface area contributed by atoms with Gasteiger partial charge in [0.05, 0.1) is 19.2 Å². The fraction of sp³-hybridized carbons (Fsp3) is 0.667. The molecule has 0 amide bonds. The molecule has 138 valence electrons. The number of aliphatic imine (C=N–C) groups is 1. The van der Waals surface area contributed by atoms with E-state index in [1.54, 1.807) is 0 Å². The number of fused-ring (bicyclic) bond motifs is 1. The highest BCUT2D eigenvalue weighted by Crippen LogP contribution is 2.23. The molecule has 4 nitrogen and oxygen atoms in total. The van der Waals surface area contributed by atoms with E-state index in [1.807, 2.05) is 0 Å². The highest BCUT2D eigenvalue weighted by atomic mass is 16.5. The molecule has 1 saturated heterocycles. The third-order valence-electron chi connectivity index (χ3n) is 5.27. The summed E-state index contributed by atoms with van der Waals surface area (Å²) in [6, 6.07) is 7.15. The van der Waals surface area contributed by atoms with Crippen LogP contribution in [-0.2, 0) is 6.54 Å². The molecule has 4 heteroatoms. The van der Waals surface area contributed by atoms with Crippen LogP contribution >= 0.6 is 0 Å². The summed E-state index contributed by atoms with van der Waals surface area (Å²) in [5, 5.41) is 3.56. The van der Waals surface area contributed by atoms with Gasteiger partial charge in [0.15, 0.2) is 5.96 Å². The van der Waals surface area contributed by atoms with Crippen molar-refractivity contribution in [2.24, 2.45) is 4.99 Å². The second kappa shape index (κ2) is 9.12. The van der Waals surface area contributed by atoms with E-state index in [2.05, 4.69) is 42.3 Å². The number of hydrogen-bond donors (Lipinski definition) is 1. The molecule has 2 aliphatic heterocycles. The number of unbranched alkanes of at least 4 members (excludes halogenated alkanes) is 3. The number of hydrogen-bond acceptors (Lipinski definition) is 4. The molecular formula is C21H33N3O. The van der Waals surface area contributed by atoms with Crippen molar-refractivity contribution in [3.05, 3.63) is 29.3 Å². The molecular weight excluding hydrogens is 310 g/mol. The molecule has 0 saturated carbocycles. The first kappa shape index (κ1) is 18.1. The second-order valence-electron chi connectivity index (χ2n) is 7.38. The summed E-state index contributed by atoms with van der Waals surface area (Å²) in [6.07, 6.45) is 8.86. The summed E-state index contributed by atoms with van der Waals surface area (Å²) < 4.78 is 6.09. The molecule has 1 aromatic rings. The van der Waals surface area contributed by atoms with Crippen LogP contribution in [0.4, 0.5) is 0 Å². The fourth-order valence-electron chi connectivity index (χ4n) is 3.74. The summed E-state index contributed by atoms with van der Waals surface area (Å²) in [5.41, 5.74) is 2.48. The molecule has 25 heavy (non-hydrogen) atoms. The smallest absolute Gasteiger partial charge is 0.194 e. The molecule has 0 aliphatic carbocycles. The molecule has 0 bridgehead atoms. The lowest BCUT2D eigenvalue weighted by molar-refractivity contribution is 0.262. The Balaban J connectivity index is 1.54. The van der Waals surface area contributed by atoms with Gasteiger partial charge in [-0.25, -0.2) is 0 Å². The van der Waals surface area contributed by atoms with Crippen LogP contribution in [-0.4, -0.2) is 36.6 Å². The maximum Gasteiger partial charge on any atom is 0.194 e. The Bertz CT molecular complexity index is 585. The van der Waals surface area contributed by atoms with E-state index >= 15 is 0 Å². The zero-order valence-corrected chi connectivity index (χ0v) is 15.9. The van der Waals surface area contributed by atoms with Crippen LogP contribution in [0.15, 0.2) is 23.2 Å². The number of rotatable bonds is 8. The summed E-state index contributed by atoms with van der Waals surface area (Å²) in [6.45, 7) is 8.06. The number of nitrogens with zero attached hydrogens (tertiary/aromatic N) is 2. The van der Waals surface area contributed by atoms with Crippen molar-refractivity contribution in [1.29, 1.82) is 0 Å². The van der Waals surface area contributed by atoms with E-state index in [4.69, 9.17) is 9.73 Å². The molecule has 0 spiro atoms. The van der Waals surface area contributed by atoms with E-state index in [1.165, 1.54) is 49.7 Å². The van der Waals surface area contributed by atoms with E-state index in [0.29, 0.717) is 6.04 Å². The van der Waals surface area contributed by atoms with Crippen LogP contribution in [0.25, 0.3) is 0 Å². The van der Waals surface area contributed by atoms with E-state index in [-0.39, 0.29) is 0 Å². The van der Waals surface area contributed by atoms with Gasteiger partial charge in [0, 0.05) is 18.7 Å². The molecule has 2 aliphatic rings. The molecule has 1 N–H and O–H groups in total. The molecule has 3 rings (SSSR count). The summed E-state index contributed by atoms with van der Waals surface area (Å²) in [5.74, 6) is 2.11. The molecule has 1 atom stereocenters. The average Bonchev–Trinajstić information content (AvgIpc) is 3.04. The minimum Gasteiger partial charge on any atom is -0.493 e. The van der Waals surface area contributed by atoms with Crippen molar-refractivity contribution in [2.45, 2.75) is 71.4 Å². The third kappa shape index (κ3) is 4.90. The van der Waals surface area contributed by atoms with Gasteiger partial charge in [-0.05, 0) is 44.2 Å². The van der Waals surface area contributed by atoms with Gasteiger partial charge in [-0.1, -0.05) is 38.3 Å². The average molecular weight is 344 g/mol. The quantitative estimate of drug-likeness (QED) is 0.716. The van der Waals surface area contributed by atoms with Crippen molar-refractivity contribution >= 4 is 5.96 Å². The van der Waals surface area contributed by atoms with Gasteiger partial charge < -0.3 is 15.0 Å². The maximum atomic E-state index is 6.09. The molecule has 1 fully saturated rings. The van der Waals surface area contributed by atoms with Crippen LogP contribution in [0.1, 0.15) is 63.0 Å². The molecule has 0 aromatic heterocycles. The second-order valence-corrected chi connectivity index (χ2v) is 7.38. The molecule has 1 aromatic carbocycles. The van der Waals surface area contributed by atoms with Crippen LogP contribution in [0.3, 0.4) is 0 Å². The van der Waals surface area contributed by atoms with Gasteiger partial charge in [0.25, 0.3) is 0 Å². The first-order valence-electron chi connectivity index (χ1n) is 10.0. The van der Waals surface area contributed by atoms with Gasteiger partial charge in [0.1, 0.15) is 5.75 Å². The lowest BCUT2D eigenvalue weighted by atomic mass is 10.0. The van der Waals surface area contributed by atoms with Gasteiger partial charge >= 0.3 is 0 Å². The predicted octanol–water partition coefficient (Wildman–Crippen LogP) is 4.27. The van der Waals surface area contributed by atoms with Crippen LogP contribution in [0, 0.1) is 6.92 Å². The Morgan fingerprint density at radius 3 is 3.04 bits per heavy atom. The van der Waals surface area contributed by atoms with Gasteiger partial charge in [-0.15, -0.1) is 0 Å². The first-order valence-corrected chi connectivity index (χ1v) is 10.0. The van der Waals surface area contributed by atoms with Crippen molar-refractivity contribution in [1.82, 2.24) is 10.2 Å². The van der Waals surface area contributed by atoms with Crippen molar-refractivity contribution < 1.29 is 4.74 Å². The van der Waals surface area contributed by atoms with Crippen molar-refractivity contribution in [3.63, 3.8) is 0 Å². The summed E-state index contributed by atoms with van der Waals surface area (Å²) in [4.78, 5) is 7.19. The minimum absolute atomic E-state index is 0.628. The zero-order valence-electron chi connectivity index (χ0n) is 15.9. The summed E-state index contributed by atoms with van der Waals surface area (Å²) >= 11 is 0. The first-order chi connectivity index (χ1) is 12.3. The normalized spacial score (nSPS) is 19.5. The molecule has 0 unspecified atom stereocenters. The maximum absolute atomic E-state index is 6.09. The highest BCUT2D eigenvalue weighted by molar-refractivity contribution is 5.82. The number of guanidine groups is 1. The Morgan fingerprint density at radius 1 is 1.24 bits per heavy atom. The van der Waals surface area contributed by atoms with E-state index < -0.39 is 0 Å². The third-order valence-corrected chi connectivity index (χ3v) is 5.27. The largest absolute Gasteiger partial charge is 0.493 e. The van der Waals surface area contributed by atoms with Gasteiger partial charge in [-0.3, -0.25) is 4.99 Å². The van der Waals surface area contributed by atoms with Crippen LogP contribution in [0.5, 0.6) is 5.75 Å². The van der Waals surface area contributed by atoms with Crippen molar-refractivity contribution in [3.8, 4) is 5.75 Å². The summed E-state index contributed by atoms with van der Waals surface area (Å²) in [7, 11) is 0. The van der Waals surface area contributed by atoms with Crippen LogP contribution < -0.4 is 10.1 Å². The predicted molar refractivity (Wildman–Crippen MR) is 104 cm³/mol. The van der Waals surface area contributed by atoms with E-state index in [0.717, 1.165) is 44.4 Å². The number of ether oxygens (including phenoxy) is 1. The lowest BCUT2D eigenvalue weighted by Gasteiger charge is -2.32. The van der Waals surface area contributed by atoms with Crippen LogP contribution in [0.2, 0.25) is 0 Å². The lowest BCUT2D eigenvalue weighted by Crippen LogP contribution is -2.45. The Labute approximate surface area is 152 Å². The molecule has 0 radical (unpaired) electrons. The Kier molecular flexibility index (Phi) is 6.60. The SMILES string of the molecule is CCCCCCOc1cc(C)ccc1CNC1=NC[C@@H]2CCCCN12. The zero-order chi connectivity index (χ0) is 17.5. The van der Waals surface area contributed by atoms with Crippen molar-refractivity contribution in [2.75, 3.05) is 19.7 Å². The minimum atomic E-state index is 0.628. The standard InChI is InChI=1S/C21H33N3O/c1-3-4-5-8-13-25-20-14-17(2)10-11-18(20)15-22-21-23-16-19-9-6-7-12-24(19)21/h10-11,14,19H,3-9,12-13,15-16H2,1-2H3,(H,22,23)/t19-/m0/s1. The van der Waals surface area contributed by atoms with E-state index in [9.17, 15) is 0 Å². The Hall–Kier alpha value is -1.71. The van der Waals surface area contributed by atoms with Gasteiger partial charge in [0.2, 0.25) is 0 Å². The molecule has 2 heterocycles. The highest BCUT2D eigenvalue weighted by Gasteiger charge is 2.29. The number of benzene rings is 1. The topological polar surface area (TPSA) is 36.9 Å². The Morgan fingerprint density at radius 2 is 2.16 bits per heavy atom. The number of piperidine rings is 1. The van der Waals surface area contributed by atoms with Gasteiger partial charge in [-0.2, -0.15) is 0 Å². The monoisotopic (exact) mass is 343 g/mol. The fourth-order valence-corrected chi connectivity index (χ4v) is 3.74. The number of aryl methyl sites for hydroxylation is 1. The number of nitrogens with one attached hydrogen (secondary N) is 1.